The summed E-state index contributed by atoms with van der Waals surface area (Å²) in [5, 5.41) is 0. The van der Waals surface area contributed by atoms with E-state index < -0.39 is 10.0 Å². The van der Waals surface area contributed by atoms with Gasteiger partial charge >= 0.3 is 0 Å². The van der Waals surface area contributed by atoms with Gasteiger partial charge in [-0.05, 0) is 85.0 Å². The van der Waals surface area contributed by atoms with E-state index in [0.29, 0.717) is 13.0 Å². The van der Waals surface area contributed by atoms with Crippen LogP contribution in [0.1, 0.15) is 59.3 Å². The lowest BCUT2D eigenvalue weighted by Crippen LogP contribution is -2.34. The number of benzene rings is 3. The van der Waals surface area contributed by atoms with Crippen molar-refractivity contribution in [1.82, 2.24) is 14.3 Å². The number of nitrogens with zero attached hydrogens (tertiary/aromatic N) is 3. The first-order valence-corrected chi connectivity index (χ1v) is 15.3. The van der Waals surface area contributed by atoms with Crippen LogP contribution in [0.15, 0.2) is 90.1 Å². The monoisotopic (exact) mass is 554 g/mol. The van der Waals surface area contributed by atoms with Crippen LogP contribution in [0.4, 0.5) is 5.69 Å². The number of sulfonamides is 1. The highest BCUT2D eigenvalue weighted by atomic mass is 32.2. The molecule has 0 bridgehead atoms. The smallest absolute Gasteiger partial charge is 0.241 e. The topological polar surface area (TPSA) is 84.3 Å². The molecule has 1 amide bonds. The fourth-order valence-corrected chi connectivity index (χ4v) is 7.19. The van der Waals surface area contributed by atoms with Gasteiger partial charge in [0.2, 0.25) is 15.9 Å². The minimum Gasteiger partial charge on any atom is -0.337 e. The van der Waals surface area contributed by atoms with Gasteiger partial charge in [0.15, 0.2) is 0 Å². The van der Waals surface area contributed by atoms with Crippen molar-refractivity contribution in [3.05, 3.63) is 113 Å². The molecule has 2 aliphatic rings. The number of aromatic nitrogens is 2. The number of fused-ring (bicyclic) bond motifs is 1. The van der Waals surface area contributed by atoms with Crippen LogP contribution in [-0.2, 0) is 34.8 Å². The molecule has 0 unspecified atom stereocenters. The summed E-state index contributed by atoms with van der Waals surface area (Å²) in [7, 11) is -1.78. The second-order valence-corrected chi connectivity index (χ2v) is 12.7. The molecule has 0 saturated heterocycles. The predicted molar refractivity (Wildman–Crippen MR) is 155 cm³/mol. The first-order chi connectivity index (χ1) is 19.3. The van der Waals surface area contributed by atoms with Crippen molar-refractivity contribution in [2.75, 3.05) is 4.90 Å². The molecule has 40 heavy (non-hydrogen) atoms. The van der Waals surface area contributed by atoms with E-state index in [1.165, 1.54) is 5.56 Å². The summed E-state index contributed by atoms with van der Waals surface area (Å²) in [4.78, 5) is 20.6. The Hall–Kier alpha value is -3.75. The van der Waals surface area contributed by atoms with Crippen LogP contribution in [0, 0.1) is 12.8 Å². The number of nitrogens with one attached hydrogen (secondary N) is 1. The Kier molecular flexibility index (Phi) is 7.06. The van der Waals surface area contributed by atoms with E-state index in [2.05, 4.69) is 27.9 Å². The third-order valence-electron chi connectivity index (χ3n) is 8.17. The molecule has 1 saturated carbocycles. The summed E-state index contributed by atoms with van der Waals surface area (Å²) in [6, 6.07) is 22.9. The van der Waals surface area contributed by atoms with Crippen molar-refractivity contribution in [3.8, 4) is 0 Å². The lowest BCUT2D eigenvalue weighted by atomic mass is 9.87. The molecule has 0 spiro atoms. The molecular weight excluding hydrogens is 520 g/mol. The molecule has 7 nitrogen and oxygen atoms in total. The maximum absolute atomic E-state index is 14.0. The Morgan fingerprint density at radius 3 is 2.65 bits per heavy atom. The third-order valence-corrected chi connectivity index (χ3v) is 9.64. The van der Waals surface area contributed by atoms with Crippen molar-refractivity contribution in [2.45, 2.75) is 56.0 Å². The summed E-state index contributed by atoms with van der Waals surface area (Å²) >= 11 is 0. The average molecular weight is 555 g/mol. The summed E-state index contributed by atoms with van der Waals surface area (Å²) in [5.41, 5.74) is 4.91. The maximum atomic E-state index is 14.0. The van der Waals surface area contributed by atoms with E-state index in [1.54, 1.807) is 24.4 Å². The molecule has 1 heterocycles. The van der Waals surface area contributed by atoms with Crippen LogP contribution >= 0.6 is 0 Å². The molecule has 1 aromatic heterocycles. The first kappa shape index (κ1) is 26.5. The number of aryl methyl sites for hydroxylation is 3. The highest BCUT2D eigenvalue weighted by molar-refractivity contribution is 7.89. The van der Waals surface area contributed by atoms with E-state index in [4.69, 9.17) is 0 Å². The normalized spacial score (nSPS) is 20.1. The first-order valence-electron chi connectivity index (χ1n) is 13.8. The quantitative estimate of drug-likeness (QED) is 0.315. The minimum atomic E-state index is -3.71. The van der Waals surface area contributed by atoms with Gasteiger partial charge in [-0.25, -0.2) is 18.1 Å². The second kappa shape index (κ2) is 10.7. The highest BCUT2D eigenvalue weighted by Crippen LogP contribution is 2.49. The summed E-state index contributed by atoms with van der Waals surface area (Å²) < 4.78 is 31.5. The Labute approximate surface area is 235 Å². The molecule has 1 fully saturated rings. The zero-order chi connectivity index (χ0) is 27.9. The summed E-state index contributed by atoms with van der Waals surface area (Å²) in [6.45, 7) is 2.23. The number of anilines is 1. The van der Waals surface area contributed by atoms with E-state index in [9.17, 15) is 13.2 Å². The van der Waals surface area contributed by atoms with E-state index >= 15 is 0 Å². The van der Waals surface area contributed by atoms with Crippen molar-refractivity contribution in [3.63, 3.8) is 0 Å². The standard InChI is InChI=1S/C32H34N4O3S/c1-22-8-6-12-26(18-22)40(38,39)34-30-13-7-11-24-14-15-25(19-28(24)30)36(21-31-33-16-17-35(31)2)32(37)29-20-27(29)23-9-4-3-5-10-23/h3-6,8-10,12,14-19,27,29-30,34H,7,11,13,20-21H2,1-2H3/t27-,29+,30+/m0/s1. The molecule has 3 aromatic carbocycles. The van der Waals surface area contributed by atoms with Gasteiger partial charge in [0.1, 0.15) is 5.82 Å². The summed E-state index contributed by atoms with van der Waals surface area (Å²) in [6.07, 6.45) is 6.92. The van der Waals surface area contributed by atoms with Gasteiger partial charge in [-0.15, -0.1) is 0 Å². The molecule has 8 heteroatoms. The van der Waals surface area contributed by atoms with Gasteiger partial charge in [-0.2, -0.15) is 0 Å². The lowest BCUT2D eigenvalue weighted by molar-refractivity contribution is -0.120. The second-order valence-electron chi connectivity index (χ2n) is 11.0. The highest BCUT2D eigenvalue weighted by Gasteiger charge is 2.46. The largest absolute Gasteiger partial charge is 0.337 e. The van der Waals surface area contributed by atoms with Crippen LogP contribution in [-0.4, -0.2) is 23.9 Å². The van der Waals surface area contributed by atoms with Crippen LogP contribution in [0.5, 0.6) is 0 Å². The van der Waals surface area contributed by atoms with Gasteiger partial charge in [0.25, 0.3) is 0 Å². The van der Waals surface area contributed by atoms with Gasteiger partial charge in [-0.3, -0.25) is 4.79 Å². The van der Waals surface area contributed by atoms with Gasteiger partial charge in [0, 0.05) is 37.1 Å². The number of hydrogen-bond donors (Lipinski definition) is 1. The molecule has 0 radical (unpaired) electrons. The van der Waals surface area contributed by atoms with Crippen LogP contribution in [0.3, 0.4) is 0 Å². The Bertz CT molecular complexity index is 1650. The fourth-order valence-electron chi connectivity index (χ4n) is 5.84. The van der Waals surface area contributed by atoms with Crippen LogP contribution in [0.25, 0.3) is 0 Å². The molecule has 6 rings (SSSR count). The number of amides is 1. The van der Waals surface area contributed by atoms with Crippen molar-refractivity contribution >= 4 is 21.6 Å². The van der Waals surface area contributed by atoms with Gasteiger partial charge < -0.3 is 9.47 Å². The molecule has 0 aliphatic heterocycles. The predicted octanol–water partition coefficient (Wildman–Crippen LogP) is 5.42. The average Bonchev–Trinajstić information content (AvgIpc) is 3.66. The number of rotatable bonds is 8. The van der Waals surface area contributed by atoms with E-state index in [1.807, 2.05) is 66.0 Å². The number of imidazole rings is 1. The van der Waals surface area contributed by atoms with E-state index in [-0.39, 0.29) is 28.7 Å². The maximum Gasteiger partial charge on any atom is 0.241 e. The van der Waals surface area contributed by atoms with E-state index in [0.717, 1.165) is 47.5 Å². The zero-order valence-corrected chi connectivity index (χ0v) is 23.6. The molecular formula is C32H34N4O3S. The SMILES string of the molecule is Cc1cccc(S(=O)(=O)N[C@@H]2CCCc3ccc(N(Cc4nccn4C)C(=O)[C@@H]4C[C@H]4c4ccccc4)cc32)c1. The van der Waals surface area contributed by atoms with Crippen LogP contribution < -0.4 is 9.62 Å². The molecule has 4 aromatic rings. The molecule has 3 atom stereocenters. The molecule has 1 N–H and O–H groups in total. The number of carbonyl (C=O) groups is 1. The fraction of sp³-hybridized carbons (Fsp3) is 0.312. The zero-order valence-electron chi connectivity index (χ0n) is 22.8. The minimum absolute atomic E-state index is 0.0736. The van der Waals surface area contributed by atoms with Crippen LogP contribution in [0.2, 0.25) is 0 Å². The number of hydrogen-bond acceptors (Lipinski definition) is 4. The van der Waals surface area contributed by atoms with Crippen molar-refractivity contribution in [1.29, 1.82) is 0 Å². The Balaban J connectivity index is 1.32. The lowest BCUT2D eigenvalue weighted by Gasteiger charge is -2.29. The molecule has 206 valence electrons. The Morgan fingerprint density at radius 2 is 1.90 bits per heavy atom. The van der Waals surface area contributed by atoms with Crippen molar-refractivity contribution < 1.29 is 13.2 Å². The number of carbonyl (C=O) groups excluding carboxylic acids is 1. The van der Waals surface area contributed by atoms with Gasteiger partial charge in [0.05, 0.1) is 11.4 Å². The third kappa shape index (κ3) is 5.33. The Morgan fingerprint density at radius 1 is 1.07 bits per heavy atom. The molecule has 2 aliphatic carbocycles. The summed E-state index contributed by atoms with van der Waals surface area (Å²) in [5.74, 6) is 0.989. The van der Waals surface area contributed by atoms with Gasteiger partial charge in [-0.1, -0.05) is 48.5 Å². The van der Waals surface area contributed by atoms with Crippen molar-refractivity contribution in [2.24, 2.45) is 13.0 Å².